The van der Waals surface area contributed by atoms with Gasteiger partial charge in [0, 0.05) is 11.5 Å². The molecule has 1 aliphatic rings. The highest BCUT2D eigenvalue weighted by atomic mass is 35.5. The average molecular weight is 381 g/mol. The van der Waals surface area contributed by atoms with E-state index in [-0.39, 0.29) is 5.02 Å². The van der Waals surface area contributed by atoms with Crippen molar-refractivity contribution in [2.75, 3.05) is 0 Å². The number of hydrogen-bond donors (Lipinski definition) is 0. The van der Waals surface area contributed by atoms with E-state index in [2.05, 4.69) is 30.9 Å². The van der Waals surface area contributed by atoms with Gasteiger partial charge in [-0.1, -0.05) is 67.1 Å². The van der Waals surface area contributed by atoms with E-state index in [0.29, 0.717) is 5.92 Å². The summed E-state index contributed by atoms with van der Waals surface area (Å²) in [7, 11) is 0. The molecule has 0 bridgehead atoms. The summed E-state index contributed by atoms with van der Waals surface area (Å²) >= 11 is 5.75. The van der Waals surface area contributed by atoms with E-state index in [0.717, 1.165) is 22.6 Å². The van der Waals surface area contributed by atoms with Crippen molar-refractivity contribution in [1.82, 2.24) is 0 Å². The van der Waals surface area contributed by atoms with Crippen LogP contribution in [0, 0.1) is 29.5 Å². The van der Waals surface area contributed by atoms with Crippen LogP contribution in [0.25, 0.3) is 11.1 Å². The molecule has 2 heteroatoms. The molecule has 0 saturated heterocycles. The second-order valence-electron chi connectivity index (χ2n) is 7.30. The van der Waals surface area contributed by atoms with E-state index >= 15 is 0 Å². The zero-order chi connectivity index (χ0) is 19.1. The van der Waals surface area contributed by atoms with Gasteiger partial charge in [0.15, 0.2) is 0 Å². The molecule has 2 aromatic rings. The van der Waals surface area contributed by atoms with Gasteiger partial charge in [0.25, 0.3) is 0 Å². The van der Waals surface area contributed by atoms with Gasteiger partial charge in [0.2, 0.25) is 0 Å². The van der Waals surface area contributed by atoms with Crippen LogP contribution >= 0.6 is 11.6 Å². The molecule has 27 heavy (non-hydrogen) atoms. The Labute approximate surface area is 167 Å². The van der Waals surface area contributed by atoms with Gasteiger partial charge in [-0.3, -0.25) is 0 Å². The molecular weight excluding hydrogens is 355 g/mol. The first kappa shape index (κ1) is 19.7. The predicted octanol–water partition coefficient (Wildman–Crippen LogP) is 7.66. The van der Waals surface area contributed by atoms with Crippen molar-refractivity contribution in [3.63, 3.8) is 0 Å². The monoisotopic (exact) mass is 380 g/mol. The first-order valence-electron chi connectivity index (χ1n) is 9.89. The van der Waals surface area contributed by atoms with E-state index in [1.807, 2.05) is 30.3 Å². The zero-order valence-electron chi connectivity index (χ0n) is 15.8. The van der Waals surface area contributed by atoms with Crippen LogP contribution in [0.1, 0.15) is 51.0 Å². The Morgan fingerprint density at radius 2 is 1.74 bits per heavy atom. The highest BCUT2D eigenvalue weighted by Gasteiger charge is 2.17. The fourth-order valence-corrected chi connectivity index (χ4v) is 3.64. The van der Waals surface area contributed by atoms with Crippen molar-refractivity contribution < 1.29 is 4.39 Å². The third-order valence-electron chi connectivity index (χ3n) is 5.19. The second kappa shape index (κ2) is 9.77. The summed E-state index contributed by atoms with van der Waals surface area (Å²) in [6.45, 7) is 2.22. The van der Waals surface area contributed by atoms with Gasteiger partial charge in [-0.2, -0.15) is 0 Å². The van der Waals surface area contributed by atoms with Crippen molar-refractivity contribution in [2.45, 2.75) is 45.4 Å². The normalized spacial score (nSPS) is 19.7. The van der Waals surface area contributed by atoms with Crippen molar-refractivity contribution in [3.8, 4) is 23.0 Å². The van der Waals surface area contributed by atoms with Gasteiger partial charge >= 0.3 is 0 Å². The van der Waals surface area contributed by atoms with Crippen LogP contribution in [0.15, 0.2) is 54.6 Å². The largest absolute Gasteiger partial charge is 0.205 e. The average Bonchev–Trinajstić information content (AvgIpc) is 2.70. The molecule has 0 heterocycles. The van der Waals surface area contributed by atoms with E-state index in [1.165, 1.54) is 44.6 Å². The van der Waals surface area contributed by atoms with Crippen LogP contribution in [0.5, 0.6) is 0 Å². The van der Waals surface area contributed by atoms with Crippen molar-refractivity contribution in [3.05, 3.63) is 71.0 Å². The van der Waals surface area contributed by atoms with Crippen LogP contribution in [0.4, 0.5) is 4.39 Å². The molecule has 0 aromatic heterocycles. The highest BCUT2D eigenvalue weighted by Crippen LogP contribution is 2.29. The van der Waals surface area contributed by atoms with Gasteiger partial charge in [-0.15, -0.1) is 0 Å². The number of allylic oxidation sites excluding steroid dienone is 2. The van der Waals surface area contributed by atoms with E-state index in [1.54, 1.807) is 6.07 Å². The lowest BCUT2D eigenvalue weighted by Gasteiger charge is -2.23. The number of rotatable bonds is 4. The maximum Gasteiger partial charge on any atom is 0.142 e. The maximum atomic E-state index is 13.6. The minimum atomic E-state index is -0.391. The van der Waals surface area contributed by atoms with E-state index in [9.17, 15) is 4.39 Å². The molecule has 3 rings (SSSR count). The maximum absolute atomic E-state index is 13.6. The second-order valence-corrected chi connectivity index (χ2v) is 7.71. The van der Waals surface area contributed by atoms with Gasteiger partial charge in [0.1, 0.15) is 5.82 Å². The van der Waals surface area contributed by atoms with Crippen LogP contribution < -0.4 is 0 Å². The molecule has 1 aliphatic carbocycles. The fraction of sp³-hybridized carbons (Fsp3) is 0.360. The summed E-state index contributed by atoms with van der Waals surface area (Å²) < 4.78 is 13.6. The Bertz CT molecular complexity index is 831. The predicted molar refractivity (Wildman–Crippen MR) is 113 cm³/mol. The molecule has 0 spiro atoms. The van der Waals surface area contributed by atoms with Crippen LogP contribution in [0.3, 0.4) is 0 Å². The van der Waals surface area contributed by atoms with Crippen LogP contribution in [-0.4, -0.2) is 0 Å². The quantitative estimate of drug-likeness (QED) is 0.377. The Hall–Kier alpha value is -2.04. The van der Waals surface area contributed by atoms with E-state index in [4.69, 9.17) is 11.6 Å². The molecule has 0 nitrogen and oxygen atoms in total. The Morgan fingerprint density at radius 3 is 2.41 bits per heavy atom. The van der Waals surface area contributed by atoms with Crippen molar-refractivity contribution in [1.29, 1.82) is 0 Å². The summed E-state index contributed by atoms with van der Waals surface area (Å²) in [6.07, 6.45) is 12.0. The smallest absolute Gasteiger partial charge is 0.142 e. The van der Waals surface area contributed by atoms with Crippen molar-refractivity contribution >= 4 is 11.6 Å². The SMILES string of the molecule is CCC/C=C/C1CCC(C#Cc2ccc(-c3ccc(Cl)c(F)c3)cc2)CC1. The van der Waals surface area contributed by atoms with Crippen LogP contribution in [-0.2, 0) is 0 Å². The molecule has 1 saturated carbocycles. The summed E-state index contributed by atoms with van der Waals surface area (Å²) in [6, 6.07) is 12.9. The third kappa shape index (κ3) is 5.72. The number of hydrogen-bond acceptors (Lipinski definition) is 0. The molecular formula is C25H26ClF. The van der Waals surface area contributed by atoms with Gasteiger partial charge in [-0.05, 0) is 73.4 Å². The molecule has 0 unspecified atom stereocenters. The Balaban J connectivity index is 1.57. The lowest BCUT2D eigenvalue weighted by atomic mass is 9.82. The number of unbranched alkanes of at least 4 members (excludes halogenated alkanes) is 1. The van der Waals surface area contributed by atoms with Crippen molar-refractivity contribution in [2.24, 2.45) is 11.8 Å². The molecule has 0 N–H and O–H groups in total. The summed E-state index contributed by atoms with van der Waals surface area (Å²) in [5, 5.41) is 0.150. The third-order valence-corrected chi connectivity index (χ3v) is 5.50. The molecule has 0 radical (unpaired) electrons. The fourth-order valence-electron chi connectivity index (χ4n) is 3.52. The standard InChI is InChI=1S/C25H26ClF/c1-2-3-4-5-19-6-8-20(9-7-19)10-11-21-12-14-22(15-13-21)23-16-17-24(26)25(27)18-23/h4-5,12-20H,2-3,6-9H2,1H3/b5-4+. The Kier molecular flexibility index (Phi) is 7.13. The lowest BCUT2D eigenvalue weighted by Crippen LogP contribution is -2.11. The minimum absolute atomic E-state index is 0.150. The zero-order valence-corrected chi connectivity index (χ0v) is 16.6. The minimum Gasteiger partial charge on any atom is -0.205 e. The highest BCUT2D eigenvalue weighted by molar-refractivity contribution is 6.30. The first-order valence-corrected chi connectivity index (χ1v) is 10.3. The molecule has 140 valence electrons. The van der Waals surface area contributed by atoms with Gasteiger partial charge in [-0.25, -0.2) is 4.39 Å². The molecule has 0 amide bonds. The topological polar surface area (TPSA) is 0 Å². The van der Waals surface area contributed by atoms with Gasteiger partial charge in [0.05, 0.1) is 5.02 Å². The molecule has 0 atom stereocenters. The summed E-state index contributed by atoms with van der Waals surface area (Å²) in [5.74, 6) is 7.63. The number of halogens is 2. The van der Waals surface area contributed by atoms with Gasteiger partial charge < -0.3 is 0 Å². The molecule has 1 fully saturated rings. The summed E-state index contributed by atoms with van der Waals surface area (Å²) in [4.78, 5) is 0. The molecule has 2 aromatic carbocycles. The Morgan fingerprint density at radius 1 is 1.04 bits per heavy atom. The molecule has 0 aliphatic heterocycles. The first-order chi connectivity index (χ1) is 13.2. The van der Waals surface area contributed by atoms with Crippen LogP contribution in [0.2, 0.25) is 5.02 Å². The summed E-state index contributed by atoms with van der Waals surface area (Å²) in [5.41, 5.74) is 2.81. The number of benzene rings is 2. The lowest BCUT2D eigenvalue weighted by molar-refractivity contribution is 0.364. The van der Waals surface area contributed by atoms with E-state index < -0.39 is 5.82 Å².